The highest BCUT2D eigenvalue weighted by Crippen LogP contribution is 2.14. The number of nitrogens with one attached hydrogen (secondary N) is 1. The van der Waals surface area contributed by atoms with E-state index in [1.165, 1.54) is 18.2 Å². The Morgan fingerprint density at radius 3 is 2.75 bits per heavy atom. The van der Waals surface area contributed by atoms with Crippen LogP contribution >= 0.6 is 11.6 Å². The molecule has 0 aliphatic heterocycles. The molecule has 0 aliphatic carbocycles. The maximum atomic E-state index is 10.3. The van der Waals surface area contributed by atoms with Crippen molar-refractivity contribution in [3.8, 4) is 0 Å². The van der Waals surface area contributed by atoms with Gasteiger partial charge in [0.05, 0.1) is 10.7 Å². The first-order valence-electron chi connectivity index (χ1n) is 2.90. The number of rotatable bonds is 2. The van der Waals surface area contributed by atoms with E-state index in [4.69, 9.17) is 16.2 Å². The maximum absolute atomic E-state index is 10.3. The van der Waals surface area contributed by atoms with Crippen LogP contribution in [0.15, 0.2) is 18.2 Å². The van der Waals surface area contributed by atoms with Crippen molar-refractivity contribution < 1.29 is 13.0 Å². The molecule has 0 aliphatic rings. The molecule has 12 heavy (non-hydrogen) atoms. The lowest BCUT2D eigenvalue weighted by atomic mass is 10.3. The molecule has 2 N–H and O–H groups in total. The topological polar surface area (TPSA) is 66.4 Å². The monoisotopic (exact) mass is 206 g/mol. The van der Waals surface area contributed by atoms with Crippen LogP contribution in [0.25, 0.3) is 0 Å². The fourth-order valence-corrected chi connectivity index (χ4v) is 1.26. The summed E-state index contributed by atoms with van der Waals surface area (Å²) in [5.41, 5.74) is 0.196. The Bertz CT molecular complexity index is 376. The highest BCUT2D eigenvalue weighted by Gasteiger charge is 2.02. The molecule has 1 rings (SSSR count). The van der Waals surface area contributed by atoms with Crippen LogP contribution in [0.3, 0.4) is 0 Å². The van der Waals surface area contributed by atoms with Gasteiger partial charge in [0, 0.05) is 6.07 Å². The average Bonchev–Trinajstić information content (AvgIpc) is 1.82. The Morgan fingerprint density at radius 2 is 2.25 bits per heavy atom. The van der Waals surface area contributed by atoms with Gasteiger partial charge in [-0.15, -0.1) is 0 Å². The Morgan fingerprint density at radius 1 is 1.58 bits per heavy atom. The highest BCUT2D eigenvalue weighted by atomic mass is 35.5. The smallest absolute Gasteiger partial charge is 0.269 e. The third-order valence-electron chi connectivity index (χ3n) is 1.01. The summed E-state index contributed by atoms with van der Waals surface area (Å²) in [7, 11) is -4.22. The first-order valence-corrected chi connectivity index (χ1v) is 4.72. The van der Waals surface area contributed by atoms with E-state index in [-0.39, 0.29) is 10.7 Å². The Balaban J connectivity index is 2.91. The van der Waals surface area contributed by atoms with Gasteiger partial charge in [0.2, 0.25) is 0 Å². The van der Waals surface area contributed by atoms with Crippen LogP contribution in [0.4, 0.5) is 5.69 Å². The molecule has 65 valence electrons. The molecule has 0 aromatic heterocycles. The van der Waals surface area contributed by atoms with E-state index in [2.05, 4.69) is 6.07 Å². The fourth-order valence-electron chi connectivity index (χ4n) is 0.650. The van der Waals surface area contributed by atoms with E-state index in [9.17, 15) is 8.42 Å². The van der Waals surface area contributed by atoms with Gasteiger partial charge in [-0.3, -0.25) is 9.27 Å². The van der Waals surface area contributed by atoms with Crippen molar-refractivity contribution in [3.63, 3.8) is 0 Å². The van der Waals surface area contributed by atoms with Gasteiger partial charge in [0.25, 0.3) is 0 Å². The number of hydrogen-bond donors (Lipinski definition) is 2. The lowest BCUT2D eigenvalue weighted by Crippen LogP contribution is -2.09. The third-order valence-corrected chi connectivity index (χ3v) is 1.73. The van der Waals surface area contributed by atoms with Crippen molar-refractivity contribution >= 4 is 27.6 Å². The molecule has 0 fully saturated rings. The molecule has 0 atom stereocenters. The Hall–Kier alpha value is -0.780. The first-order chi connectivity index (χ1) is 5.47. The number of hydrogen-bond acceptors (Lipinski definition) is 2. The molecule has 0 spiro atoms. The Labute approximate surface area is 75.0 Å². The summed E-state index contributed by atoms with van der Waals surface area (Å²) in [4.78, 5) is 0. The minimum Gasteiger partial charge on any atom is -0.269 e. The molecular formula is C6H5ClNO3S. The summed E-state index contributed by atoms with van der Waals surface area (Å²) >= 11 is 5.50. The van der Waals surface area contributed by atoms with Gasteiger partial charge >= 0.3 is 10.3 Å². The molecule has 0 heterocycles. The van der Waals surface area contributed by atoms with Crippen molar-refractivity contribution in [2.45, 2.75) is 0 Å². The summed E-state index contributed by atoms with van der Waals surface area (Å²) in [6.45, 7) is 0. The van der Waals surface area contributed by atoms with Crippen LogP contribution in [0.1, 0.15) is 0 Å². The van der Waals surface area contributed by atoms with Crippen LogP contribution in [-0.2, 0) is 10.3 Å². The normalized spacial score (nSPS) is 11.2. The van der Waals surface area contributed by atoms with E-state index in [0.29, 0.717) is 0 Å². The minimum atomic E-state index is -4.22. The third kappa shape index (κ3) is 3.08. The van der Waals surface area contributed by atoms with Gasteiger partial charge in [-0.25, -0.2) is 0 Å². The van der Waals surface area contributed by atoms with Crippen molar-refractivity contribution in [1.29, 1.82) is 0 Å². The summed E-state index contributed by atoms with van der Waals surface area (Å²) in [5, 5.41) is 0.267. The van der Waals surface area contributed by atoms with Gasteiger partial charge in [-0.2, -0.15) is 8.42 Å². The van der Waals surface area contributed by atoms with Crippen molar-refractivity contribution in [3.05, 3.63) is 29.3 Å². The molecule has 1 aromatic carbocycles. The van der Waals surface area contributed by atoms with E-state index in [1.807, 2.05) is 4.72 Å². The summed E-state index contributed by atoms with van der Waals surface area (Å²) in [6.07, 6.45) is 0. The fraction of sp³-hybridized carbons (Fsp3) is 0. The minimum absolute atomic E-state index is 0.196. The first kappa shape index (κ1) is 9.31. The molecule has 1 aromatic rings. The van der Waals surface area contributed by atoms with E-state index in [1.54, 1.807) is 0 Å². The molecular weight excluding hydrogens is 202 g/mol. The van der Waals surface area contributed by atoms with Gasteiger partial charge < -0.3 is 0 Å². The molecule has 0 amide bonds. The molecule has 1 radical (unpaired) electrons. The van der Waals surface area contributed by atoms with Gasteiger partial charge in [-0.1, -0.05) is 17.7 Å². The van der Waals surface area contributed by atoms with E-state index >= 15 is 0 Å². The predicted octanol–water partition coefficient (Wildman–Crippen LogP) is 1.35. The lowest BCUT2D eigenvalue weighted by molar-refractivity contribution is 0.490. The zero-order valence-electron chi connectivity index (χ0n) is 5.78. The van der Waals surface area contributed by atoms with Crippen LogP contribution in [0, 0.1) is 6.07 Å². The van der Waals surface area contributed by atoms with Crippen molar-refractivity contribution in [2.24, 2.45) is 0 Å². The second-order valence-electron chi connectivity index (χ2n) is 2.00. The van der Waals surface area contributed by atoms with Gasteiger partial charge in [-0.05, 0) is 12.1 Å². The lowest BCUT2D eigenvalue weighted by Gasteiger charge is -2.00. The highest BCUT2D eigenvalue weighted by molar-refractivity contribution is 7.87. The molecule has 4 nitrogen and oxygen atoms in total. The Kier molecular flexibility index (Phi) is 2.56. The summed E-state index contributed by atoms with van der Waals surface area (Å²) in [5.74, 6) is 0. The number of anilines is 1. The average molecular weight is 207 g/mol. The summed E-state index contributed by atoms with van der Waals surface area (Å²) in [6, 6.07) is 6.79. The summed E-state index contributed by atoms with van der Waals surface area (Å²) < 4.78 is 30.8. The quantitative estimate of drug-likeness (QED) is 0.718. The van der Waals surface area contributed by atoms with Crippen LogP contribution in [0.5, 0.6) is 0 Å². The molecule has 0 saturated heterocycles. The second kappa shape index (κ2) is 3.30. The van der Waals surface area contributed by atoms with E-state index in [0.717, 1.165) is 0 Å². The zero-order chi connectivity index (χ0) is 9.19. The molecule has 0 saturated carbocycles. The molecule has 0 bridgehead atoms. The number of benzene rings is 1. The van der Waals surface area contributed by atoms with Crippen LogP contribution in [-0.4, -0.2) is 13.0 Å². The van der Waals surface area contributed by atoms with Crippen molar-refractivity contribution in [1.82, 2.24) is 0 Å². The SMILES string of the molecule is O=S(=O)(O)Nc1cc[c]c(Cl)c1. The maximum Gasteiger partial charge on any atom is 0.357 e. The largest absolute Gasteiger partial charge is 0.357 e. The van der Waals surface area contributed by atoms with Crippen LogP contribution < -0.4 is 4.72 Å². The zero-order valence-corrected chi connectivity index (χ0v) is 7.35. The molecule has 0 unspecified atom stereocenters. The van der Waals surface area contributed by atoms with Gasteiger partial charge in [0.1, 0.15) is 0 Å². The van der Waals surface area contributed by atoms with Crippen LogP contribution in [0.2, 0.25) is 5.02 Å². The van der Waals surface area contributed by atoms with Crippen molar-refractivity contribution in [2.75, 3.05) is 4.72 Å². The second-order valence-corrected chi connectivity index (χ2v) is 3.56. The standard InChI is InChI=1S/C6H5ClNO3S/c7-5-2-1-3-6(4-5)8-12(9,10)11/h1,3-4,8H,(H,9,10,11). The predicted molar refractivity (Wildman–Crippen MR) is 45.5 cm³/mol. The number of halogens is 1. The molecule has 6 heteroatoms. The van der Waals surface area contributed by atoms with E-state index < -0.39 is 10.3 Å². The van der Waals surface area contributed by atoms with Gasteiger partial charge in [0.15, 0.2) is 0 Å².